The number of carbonyl (C=O) groups excluding carboxylic acids is 1. The highest BCUT2D eigenvalue weighted by atomic mass is 19.1. The van der Waals surface area contributed by atoms with E-state index in [9.17, 15) is 4.79 Å². The summed E-state index contributed by atoms with van der Waals surface area (Å²) in [5.41, 5.74) is 2.70. The van der Waals surface area contributed by atoms with Crippen molar-refractivity contribution in [1.82, 2.24) is 9.88 Å². The molecule has 8 heteroatoms. The molecule has 0 aliphatic carbocycles. The van der Waals surface area contributed by atoms with Crippen molar-refractivity contribution in [3.8, 4) is 28.6 Å². The van der Waals surface area contributed by atoms with Crippen LogP contribution in [-0.2, 0) is 18.0 Å². The van der Waals surface area contributed by atoms with Gasteiger partial charge >= 0.3 is 6.09 Å². The van der Waals surface area contributed by atoms with Crippen LogP contribution in [0.4, 0.5) is 9.18 Å². The number of amides is 1. The van der Waals surface area contributed by atoms with Crippen molar-refractivity contribution >= 4 is 6.09 Å². The number of hydrogen-bond acceptors (Lipinski definition) is 6. The average Bonchev–Trinajstić information content (AvgIpc) is 3.00. The molecule has 1 aliphatic heterocycles. The van der Waals surface area contributed by atoms with Crippen molar-refractivity contribution in [2.75, 3.05) is 13.1 Å². The number of pyridine rings is 1. The first kappa shape index (κ1) is 29.9. The molecule has 7 nitrogen and oxygen atoms in total. The normalized spacial score (nSPS) is 13.8. The Morgan fingerprint density at radius 1 is 0.860 bits per heavy atom. The maximum Gasteiger partial charge on any atom is 0.410 e. The maximum absolute atomic E-state index is 15.4. The minimum atomic E-state index is -0.549. The van der Waals surface area contributed by atoms with Crippen LogP contribution in [0, 0.1) is 5.82 Å². The Bertz CT molecular complexity index is 1500. The lowest BCUT2D eigenvalue weighted by Gasteiger charge is -2.33. The van der Waals surface area contributed by atoms with Crippen LogP contribution in [-0.4, -0.2) is 40.8 Å². The van der Waals surface area contributed by atoms with Crippen molar-refractivity contribution < 1.29 is 28.1 Å². The van der Waals surface area contributed by atoms with E-state index >= 15 is 4.39 Å². The number of rotatable bonds is 9. The molecule has 5 rings (SSSR count). The number of hydrogen-bond donors (Lipinski definition) is 0. The molecule has 3 aromatic carbocycles. The number of piperidine rings is 1. The third kappa shape index (κ3) is 8.47. The molecule has 0 atom stereocenters. The van der Waals surface area contributed by atoms with E-state index < -0.39 is 11.4 Å². The summed E-state index contributed by atoms with van der Waals surface area (Å²) < 4.78 is 38.9. The SMILES string of the molecule is CC(C)(C)OC(=O)N1CCC(Oc2ccc(-c3ccc(OCc4ccccc4)nc3OCc3ccccc3)cc2F)CC1. The summed E-state index contributed by atoms with van der Waals surface area (Å²) in [6.45, 7) is 7.18. The molecule has 1 amide bonds. The van der Waals surface area contributed by atoms with Crippen LogP contribution < -0.4 is 14.2 Å². The van der Waals surface area contributed by atoms with Crippen molar-refractivity contribution in [2.45, 2.75) is 58.5 Å². The molecule has 1 saturated heterocycles. The standard InChI is InChI=1S/C35H37FN2O5/c1-35(2,3)43-34(39)38-20-18-28(19-21-38)42-31-16-14-27(22-30(31)36)29-15-17-32(40-23-25-10-6-4-7-11-25)37-33(29)41-24-26-12-8-5-9-13-26/h4-17,22,28H,18-21,23-24H2,1-3H3. The molecule has 0 bridgehead atoms. The zero-order valence-corrected chi connectivity index (χ0v) is 24.8. The highest BCUT2D eigenvalue weighted by Crippen LogP contribution is 2.34. The van der Waals surface area contributed by atoms with Gasteiger partial charge in [-0.1, -0.05) is 66.7 Å². The second-order valence-corrected chi connectivity index (χ2v) is 11.5. The van der Waals surface area contributed by atoms with Gasteiger partial charge in [-0.05, 0) is 55.7 Å². The van der Waals surface area contributed by atoms with Crippen LogP contribution in [0.25, 0.3) is 11.1 Å². The first-order valence-electron chi connectivity index (χ1n) is 14.5. The smallest absolute Gasteiger partial charge is 0.410 e. The molecular formula is C35H37FN2O5. The van der Waals surface area contributed by atoms with Gasteiger partial charge in [0, 0.05) is 37.6 Å². The second-order valence-electron chi connectivity index (χ2n) is 11.5. The van der Waals surface area contributed by atoms with Crippen molar-refractivity contribution in [1.29, 1.82) is 0 Å². The second kappa shape index (κ2) is 13.6. The molecule has 224 valence electrons. The van der Waals surface area contributed by atoms with Gasteiger partial charge in [0.15, 0.2) is 11.6 Å². The monoisotopic (exact) mass is 584 g/mol. The topological polar surface area (TPSA) is 70.1 Å². The largest absolute Gasteiger partial charge is 0.487 e. The lowest BCUT2D eigenvalue weighted by atomic mass is 10.1. The molecule has 0 unspecified atom stereocenters. The van der Waals surface area contributed by atoms with Gasteiger partial charge in [-0.3, -0.25) is 0 Å². The lowest BCUT2D eigenvalue weighted by molar-refractivity contribution is 0.0123. The number of carbonyl (C=O) groups is 1. The van der Waals surface area contributed by atoms with Gasteiger partial charge in [-0.2, -0.15) is 4.98 Å². The van der Waals surface area contributed by atoms with E-state index in [0.717, 1.165) is 11.1 Å². The molecule has 4 aromatic rings. The molecule has 0 radical (unpaired) electrons. The van der Waals surface area contributed by atoms with Gasteiger partial charge in [-0.15, -0.1) is 0 Å². The summed E-state index contributed by atoms with van der Waals surface area (Å²) in [5, 5.41) is 0. The van der Waals surface area contributed by atoms with E-state index in [1.165, 1.54) is 6.07 Å². The fourth-order valence-electron chi connectivity index (χ4n) is 4.72. The molecule has 43 heavy (non-hydrogen) atoms. The molecule has 0 spiro atoms. The first-order chi connectivity index (χ1) is 20.7. The third-order valence-corrected chi connectivity index (χ3v) is 6.91. The Hall–Kier alpha value is -4.59. The summed E-state index contributed by atoms with van der Waals surface area (Å²) in [5.74, 6) is 0.443. The molecule has 1 fully saturated rings. The summed E-state index contributed by atoms with van der Waals surface area (Å²) >= 11 is 0. The summed E-state index contributed by atoms with van der Waals surface area (Å²) in [6, 6.07) is 28.1. The summed E-state index contributed by atoms with van der Waals surface area (Å²) in [7, 11) is 0. The Morgan fingerprint density at radius 2 is 1.49 bits per heavy atom. The molecule has 0 saturated carbocycles. The number of ether oxygens (including phenoxy) is 4. The van der Waals surface area contributed by atoms with Gasteiger partial charge in [0.1, 0.15) is 24.9 Å². The predicted molar refractivity (Wildman–Crippen MR) is 163 cm³/mol. The van der Waals surface area contributed by atoms with Crippen molar-refractivity contribution in [2.24, 2.45) is 0 Å². The van der Waals surface area contributed by atoms with E-state index in [-0.39, 0.29) is 17.9 Å². The molecule has 2 heterocycles. The van der Waals surface area contributed by atoms with E-state index in [2.05, 4.69) is 4.98 Å². The molecule has 1 aromatic heterocycles. The van der Waals surface area contributed by atoms with E-state index in [4.69, 9.17) is 18.9 Å². The quantitative estimate of drug-likeness (QED) is 0.200. The van der Waals surface area contributed by atoms with Crippen LogP contribution in [0.5, 0.6) is 17.5 Å². The summed E-state index contributed by atoms with van der Waals surface area (Å²) in [4.78, 5) is 18.7. The minimum Gasteiger partial charge on any atom is -0.487 e. The maximum atomic E-state index is 15.4. The van der Waals surface area contributed by atoms with Gasteiger partial charge in [0.05, 0.1) is 0 Å². The highest BCUT2D eigenvalue weighted by Gasteiger charge is 2.28. The first-order valence-corrected chi connectivity index (χ1v) is 14.5. The Kier molecular flexibility index (Phi) is 9.45. The van der Waals surface area contributed by atoms with Gasteiger partial charge in [-0.25, -0.2) is 9.18 Å². The fourth-order valence-corrected chi connectivity index (χ4v) is 4.72. The molecule has 0 N–H and O–H groups in total. The fraction of sp³-hybridized carbons (Fsp3) is 0.314. The number of aromatic nitrogens is 1. The van der Waals surface area contributed by atoms with Crippen molar-refractivity contribution in [3.05, 3.63) is 108 Å². The zero-order chi connectivity index (χ0) is 30.2. The summed E-state index contributed by atoms with van der Waals surface area (Å²) in [6.07, 6.45) is 0.641. The Balaban J connectivity index is 1.28. The Labute approximate surface area is 252 Å². The van der Waals surface area contributed by atoms with Crippen LogP contribution in [0.2, 0.25) is 0 Å². The van der Waals surface area contributed by atoms with Crippen LogP contribution in [0.15, 0.2) is 91.0 Å². The van der Waals surface area contributed by atoms with E-state index in [1.807, 2.05) is 87.5 Å². The highest BCUT2D eigenvalue weighted by molar-refractivity contribution is 5.70. The van der Waals surface area contributed by atoms with E-state index in [1.54, 1.807) is 23.1 Å². The van der Waals surface area contributed by atoms with Crippen LogP contribution in [0.3, 0.4) is 0 Å². The van der Waals surface area contributed by atoms with Crippen molar-refractivity contribution in [3.63, 3.8) is 0 Å². The van der Waals surface area contributed by atoms with Gasteiger partial charge < -0.3 is 23.8 Å². The average molecular weight is 585 g/mol. The van der Waals surface area contributed by atoms with Crippen LogP contribution in [0.1, 0.15) is 44.7 Å². The number of benzene rings is 3. The number of halogens is 1. The van der Waals surface area contributed by atoms with E-state index in [0.29, 0.717) is 62.0 Å². The van der Waals surface area contributed by atoms with Gasteiger partial charge in [0.2, 0.25) is 11.8 Å². The predicted octanol–water partition coefficient (Wildman–Crippen LogP) is 7.82. The number of nitrogens with zero attached hydrogens (tertiary/aromatic N) is 2. The lowest BCUT2D eigenvalue weighted by Crippen LogP contribution is -2.44. The zero-order valence-electron chi connectivity index (χ0n) is 24.8. The third-order valence-electron chi connectivity index (χ3n) is 6.91. The molecular weight excluding hydrogens is 547 g/mol. The Morgan fingerprint density at radius 3 is 2.09 bits per heavy atom. The number of likely N-dealkylation sites (tertiary alicyclic amines) is 1. The molecule has 1 aliphatic rings. The minimum absolute atomic E-state index is 0.169. The van der Waals surface area contributed by atoms with Gasteiger partial charge in [0.25, 0.3) is 0 Å². The van der Waals surface area contributed by atoms with Crippen LogP contribution >= 0.6 is 0 Å².